The van der Waals surface area contributed by atoms with Crippen LogP contribution < -0.4 is 31.0 Å². The Bertz CT molecular complexity index is 3470. The van der Waals surface area contributed by atoms with Crippen LogP contribution in [0.3, 0.4) is 0 Å². The summed E-state index contributed by atoms with van der Waals surface area (Å²) in [4.78, 5) is 77.4. The molecule has 2 aliphatic heterocycles. The van der Waals surface area contributed by atoms with Gasteiger partial charge in [0.05, 0.1) is 48.5 Å². The fraction of sp³-hybridized carbons (Fsp3) is 0.345. The predicted octanol–water partition coefficient (Wildman–Crippen LogP) is 7.16. The molecule has 5 heterocycles. The fourth-order valence-electron chi connectivity index (χ4n) is 10.1. The van der Waals surface area contributed by atoms with Crippen LogP contribution in [0.2, 0.25) is 0 Å². The Hall–Kier alpha value is -8.36. The average Bonchev–Trinajstić information content (AvgIpc) is 4.32. The number of alkyl halides is 2. The summed E-state index contributed by atoms with van der Waals surface area (Å²) in [7, 11) is 1.74. The van der Waals surface area contributed by atoms with E-state index < -0.39 is 17.3 Å². The van der Waals surface area contributed by atoms with Gasteiger partial charge in [0.2, 0.25) is 17.7 Å². The number of piperidine rings is 1. The van der Waals surface area contributed by atoms with Crippen LogP contribution in [0.15, 0.2) is 120 Å². The van der Waals surface area contributed by atoms with Crippen molar-refractivity contribution in [1.82, 2.24) is 39.8 Å². The number of likely N-dealkylation sites (tertiary alicyclic amines) is 1. The molecule has 78 heavy (non-hydrogen) atoms. The number of fused-ring (bicyclic) bond motifs is 2. The molecule has 4 aromatic carbocycles. The predicted molar refractivity (Wildman–Crippen MR) is 285 cm³/mol. The summed E-state index contributed by atoms with van der Waals surface area (Å²) in [5, 5.41) is 24.7. The number of rotatable bonds is 19. The number of carbonyl (C=O) groups excluding carboxylic acids is 4. The highest BCUT2D eigenvalue weighted by Gasteiger charge is 2.53. The van der Waals surface area contributed by atoms with Gasteiger partial charge in [0, 0.05) is 62.8 Å². The van der Waals surface area contributed by atoms with Gasteiger partial charge < -0.3 is 40.2 Å². The topological polar surface area (TPSA) is 221 Å². The monoisotopic (exact) mass is 1060 g/mol. The number of ether oxygens (including phenoxy) is 3. The minimum atomic E-state index is -3.76. The molecule has 1 saturated heterocycles. The fourth-order valence-corrected chi connectivity index (χ4v) is 10.1. The third-order valence-electron chi connectivity index (χ3n) is 14.8. The van der Waals surface area contributed by atoms with Crippen LogP contribution >= 0.6 is 0 Å². The molecular weight excluding hydrogens is 1000 g/mol. The highest BCUT2D eigenvalue weighted by molar-refractivity contribution is 6.01. The zero-order valence-corrected chi connectivity index (χ0v) is 43.4. The van der Waals surface area contributed by atoms with Crippen molar-refractivity contribution < 1.29 is 47.3 Å². The van der Waals surface area contributed by atoms with Gasteiger partial charge in [-0.3, -0.25) is 33.2 Å². The lowest BCUT2D eigenvalue weighted by Crippen LogP contribution is -2.49. The van der Waals surface area contributed by atoms with Gasteiger partial charge in [-0.25, -0.2) is 9.97 Å². The number of benzene rings is 4. The molecular formula is C58H59F2N9O9. The van der Waals surface area contributed by atoms with Crippen LogP contribution in [0.25, 0.3) is 33.5 Å². The number of hydrogen-bond donors (Lipinski definition) is 4. The standard InChI is InChI=1S/C58H59F2N9O9/c1-36-12-19-46(65-55(74)57(21-22-57)43-17-18-44-45(32-43)78-58(59,60)77-44)64-49(36)41-10-7-11-42(31-41)53(72)61-25-29-76-28-20-47(70)62-33-38-13-15-40(16-14-38)52-50-51(66-67(52)3)54(73)69(35-63-50)34-56(75)23-26-68(27-24-56)48(71)30-37(2)39-8-5-4-6-9-39/h4-19,31-32,35,37,75H,20-30,33-34H2,1-3H3,(H,61,72)(H,62,70)(H,64,65,74)/t37-/m1/s1. The van der Waals surface area contributed by atoms with Crippen LogP contribution in [-0.4, -0.2) is 103 Å². The summed E-state index contributed by atoms with van der Waals surface area (Å²) >= 11 is 0. The number of aromatic nitrogens is 5. The molecule has 3 aromatic heterocycles. The van der Waals surface area contributed by atoms with Gasteiger partial charge in [-0.15, -0.1) is 8.78 Å². The Morgan fingerprint density at radius 3 is 2.35 bits per heavy atom. The Balaban J connectivity index is 0.648. The molecule has 18 nitrogen and oxygen atoms in total. The largest absolute Gasteiger partial charge is 0.586 e. The molecule has 0 radical (unpaired) electrons. The lowest BCUT2D eigenvalue weighted by atomic mass is 9.90. The minimum Gasteiger partial charge on any atom is -0.395 e. The van der Waals surface area contributed by atoms with E-state index in [-0.39, 0.29) is 91.4 Å². The molecule has 10 rings (SSSR count). The number of nitrogens with zero attached hydrogens (tertiary/aromatic N) is 6. The van der Waals surface area contributed by atoms with Crippen molar-refractivity contribution in [2.24, 2.45) is 7.05 Å². The SMILES string of the molecule is Cc1ccc(NC(=O)C2(c3ccc4c(c3)OC(F)(F)O4)CC2)nc1-c1cccc(C(=O)NCCOCCC(=O)NCc2ccc(-c3c4ncn(CC5(O)CCN(C(=O)C[C@@H](C)c6ccccc6)CC5)c(=O)c4nn3C)cc2)c1. The smallest absolute Gasteiger partial charge is 0.395 e. The van der Waals surface area contributed by atoms with Crippen molar-refractivity contribution >= 4 is 40.5 Å². The first-order valence-corrected chi connectivity index (χ1v) is 26.0. The molecule has 0 unspecified atom stereocenters. The molecule has 20 heteroatoms. The average molecular weight is 1060 g/mol. The van der Waals surface area contributed by atoms with E-state index in [1.54, 1.807) is 47.0 Å². The Kier molecular flexibility index (Phi) is 14.9. The van der Waals surface area contributed by atoms with Crippen molar-refractivity contribution in [3.63, 3.8) is 0 Å². The van der Waals surface area contributed by atoms with Crippen LogP contribution in [-0.2, 0) is 44.7 Å². The van der Waals surface area contributed by atoms with Crippen molar-refractivity contribution in [3.8, 4) is 34.0 Å². The lowest BCUT2D eigenvalue weighted by Gasteiger charge is -2.38. The number of pyridine rings is 1. The molecule has 404 valence electrons. The minimum absolute atomic E-state index is 0.0296. The maximum atomic E-state index is 13.7. The summed E-state index contributed by atoms with van der Waals surface area (Å²) in [6.45, 7) is 5.51. The number of anilines is 1. The maximum Gasteiger partial charge on any atom is 0.586 e. The molecule has 1 saturated carbocycles. The summed E-state index contributed by atoms with van der Waals surface area (Å²) in [5.74, 6) is -0.681. The highest BCUT2D eigenvalue weighted by Crippen LogP contribution is 2.52. The Morgan fingerprint density at radius 1 is 0.833 bits per heavy atom. The molecule has 3 aliphatic rings. The molecule has 0 bridgehead atoms. The van der Waals surface area contributed by atoms with Crippen molar-refractivity contribution in [3.05, 3.63) is 154 Å². The molecule has 4 amide bonds. The van der Waals surface area contributed by atoms with Gasteiger partial charge in [0.1, 0.15) is 11.3 Å². The van der Waals surface area contributed by atoms with Crippen LogP contribution in [0, 0.1) is 6.92 Å². The van der Waals surface area contributed by atoms with E-state index >= 15 is 0 Å². The number of amides is 4. The maximum absolute atomic E-state index is 13.7. The van der Waals surface area contributed by atoms with Crippen molar-refractivity contribution in [2.45, 2.75) is 88.7 Å². The summed E-state index contributed by atoms with van der Waals surface area (Å²) in [6, 6.07) is 32.2. The second-order valence-corrected chi connectivity index (χ2v) is 20.4. The van der Waals surface area contributed by atoms with Crippen LogP contribution in [0.1, 0.15) is 84.0 Å². The third-order valence-corrected chi connectivity index (χ3v) is 14.8. The Labute approximate surface area is 447 Å². The van der Waals surface area contributed by atoms with Crippen LogP contribution in [0.4, 0.5) is 14.6 Å². The molecule has 4 N–H and O–H groups in total. The zero-order valence-electron chi connectivity index (χ0n) is 43.4. The molecule has 0 spiro atoms. The zero-order chi connectivity index (χ0) is 54.8. The number of hydrogen-bond acceptors (Lipinski definition) is 12. The number of carbonyl (C=O) groups is 4. The van der Waals surface area contributed by atoms with E-state index in [0.717, 1.165) is 22.3 Å². The van der Waals surface area contributed by atoms with Gasteiger partial charge in [-0.2, -0.15) is 5.10 Å². The molecule has 7 aromatic rings. The van der Waals surface area contributed by atoms with Gasteiger partial charge in [0.25, 0.3) is 11.5 Å². The van der Waals surface area contributed by atoms with Gasteiger partial charge in [-0.1, -0.05) is 85.8 Å². The number of aliphatic hydroxyl groups is 1. The first-order chi connectivity index (χ1) is 37.5. The van der Waals surface area contributed by atoms with Crippen molar-refractivity contribution in [2.75, 3.05) is 38.2 Å². The van der Waals surface area contributed by atoms with Crippen molar-refractivity contribution in [1.29, 1.82) is 0 Å². The highest BCUT2D eigenvalue weighted by atomic mass is 19.3. The molecule has 2 fully saturated rings. The summed E-state index contributed by atoms with van der Waals surface area (Å²) in [5.41, 5.74) is 4.44. The molecule has 1 aliphatic carbocycles. The van der Waals surface area contributed by atoms with E-state index in [9.17, 15) is 37.9 Å². The first-order valence-electron chi connectivity index (χ1n) is 26.0. The van der Waals surface area contributed by atoms with Gasteiger partial charge >= 0.3 is 6.29 Å². The number of aryl methyl sites for hydroxylation is 2. The van der Waals surface area contributed by atoms with E-state index in [0.29, 0.717) is 84.6 Å². The van der Waals surface area contributed by atoms with E-state index in [2.05, 4.69) is 35.5 Å². The summed E-state index contributed by atoms with van der Waals surface area (Å²) in [6.07, 6.45) is -0.137. The third kappa shape index (κ3) is 11.6. The second kappa shape index (κ2) is 21.9. The number of nitrogens with one attached hydrogen (secondary N) is 3. The second-order valence-electron chi connectivity index (χ2n) is 20.4. The van der Waals surface area contributed by atoms with Gasteiger partial charge in [0.15, 0.2) is 17.0 Å². The van der Waals surface area contributed by atoms with Gasteiger partial charge in [-0.05, 0) is 91.1 Å². The number of halogens is 2. The quantitative estimate of drug-likeness (QED) is 0.0593. The normalized spacial score (nSPS) is 16.1. The van der Waals surface area contributed by atoms with E-state index in [1.165, 1.54) is 23.0 Å². The molecule has 1 atom stereocenters. The lowest BCUT2D eigenvalue weighted by molar-refractivity contribution is -0.286. The van der Waals surface area contributed by atoms with E-state index in [4.69, 9.17) is 9.72 Å². The first kappa shape index (κ1) is 53.1. The van der Waals surface area contributed by atoms with Crippen LogP contribution in [0.5, 0.6) is 11.5 Å². The van der Waals surface area contributed by atoms with E-state index in [1.807, 2.05) is 80.6 Å². The summed E-state index contributed by atoms with van der Waals surface area (Å²) < 4.78 is 45.1. The Morgan fingerprint density at radius 2 is 1.59 bits per heavy atom.